The van der Waals surface area contributed by atoms with Crippen molar-refractivity contribution in [3.63, 3.8) is 0 Å². The van der Waals surface area contributed by atoms with Gasteiger partial charge in [0, 0.05) is 51.1 Å². The van der Waals surface area contributed by atoms with Crippen LogP contribution in [0.25, 0.3) is 10.2 Å². The largest absolute Gasteiger partial charge is 0.490 e. The highest BCUT2D eigenvalue weighted by atomic mass is 32.1. The van der Waals surface area contributed by atoms with Crippen molar-refractivity contribution < 1.29 is 27.9 Å². The Morgan fingerprint density at radius 3 is 2.52 bits per heavy atom. The highest BCUT2D eigenvalue weighted by Crippen LogP contribution is 2.30. The Labute approximate surface area is 191 Å². The van der Waals surface area contributed by atoms with Crippen LogP contribution < -0.4 is 9.80 Å². The highest BCUT2D eigenvalue weighted by Gasteiger charge is 2.38. The summed E-state index contributed by atoms with van der Waals surface area (Å²) < 4.78 is 32.8. The maximum atomic E-state index is 13.2. The van der Waals surface area contributed by atoms with Gasteiger partial charge in [-0.15, -0.1) is 0 Å². The van der Waals surface area contributed by atoms with Crippen LogP contribution >= 0.6 is 11.3 Å². The number of amides is 1. The van der Waals surface area contributed by atoms with Gasteiger partial charge < -0.3 is 14.9 Å². The second kappa shape index (κ2) is 9.71. The minimum atomic E-state index is -5.08. The number of hydrogen-bond acceptors (Lipinski definition) is 7. The van der Waals surface area contributed by atoms with Crippen LogP contribution in [0.5, 0.6) is 0 Å². The molecule has 1 amide bonds. The number of carbonyl (C=O) groups excluding carboxylic acids is 1. The molecule has 0 spiro atoms. The molecule has 176 valence electrons. The van der Waals surface area contributed by atoms with Gasteiger partial charge in [0.05, 0.1) is 10.2 Å². The SMILES string of the molecule is CN1CCN(C(=O)c2ccc3nc(N(C)C)sc3c2)c2ncccc2C1.O=C(O)C(F)(F)F. The Balaban J connectivity index is 0.000000383. The van der Waals surface area contributed by atoms with Crippen LogP contribution in [0.4, 0.5) is 24.1 Å². The average Bonchev–Trinajstić information content (AvgIpc) is 3.10. The number of pyridine rings is 1. The van der Waals surface area contributed by atoms with Gasteiger partial charge in [0.2, 0.25) is 0 Å². The Hall–Kier alpha value is -3.25. The van der Waals surface area contributed by atoms with Crippen molar-refractivity contribution in [2.45, 2.75) is 12.7 Å². The molecule has 0 saturated carbocycles. The predicted octanol–water partition coefficient (Wildman–Crippen LogP) is 3.48. The number of aliphatic carboxylic acids is 1. The zero-order valence-corrected chi connectivity index (χ0v) is 18.9. The molecule has 0 aliphatic carbocycles. The molecular formula is C21H22F3N5O3S. The molecule has 8 nitrogen and oxygen atoms in total. The topological polar surface area (TPSA) is 89.9 Å². The third-order valence-corrected chi connectivity index (χ3v) is 5.95. The number of carboxylic acids is 1. The van der Waals surface area contributed by atoms with Gasteiger partial charge in [-0.3, -0.25) is 9.69 Å². The minimum Gasteiger partial charge on any atom is -0.475 e. The Bertz CT molecular complexity index is 1170. The second-order valence-corrected chi connectivity index (χ2v) is 8.57. The summed E-state index contributed by atoms with van der Waals surface area (Å²) in [5.74, 6) is -2.00. The summed E-state index contributed by atoms with van der Waals surface area (Å²) in [5.41, 5.74) is 2.67. The van der Waals surface area contributed by atoms with E-state index in [1.807, 2.05) is 49.3 Å². The van der Waals surface area contributed by atoms with Crippen molar-refractivity contribution in [3.05, 3.63) is 47.7 Å². The number of likely N-dealkylation sites (N-methyl/N-ethyl adjacent to an activating group) is 1. The lowest BCUT2D eigenvalue weighted by Gasteiger charge is -2.21. The standard InChI is InChI=1S/C19H21N5OS.C2HF3O2/c1-22(2)19-21-15-7-6-13(11-16(15)26-19)18(25)24-10-9-23(3)12-14-5-4-8-20-17(14)24;3-2(4,5)1(6)7/h4-8,11H,9-10,12H2,1-3H3;(H,6,7). The van der Waals surface area contributed by atoms with Crippen molar-refractivity contribution >= 4 is 44.4 Å². The van der Waals surface area contributed by atoms with Crippen molar-refractivity contribution in [1.82, 2.24) is 14.9 Å². The first-order valence-corrected chi connectivity index (χ1v) is 10.6. The van der Waals surface area contributed by atoms with E-state index >= 15 is 0 Å². The first kappa shape index (κ1) is 24.4. The first-order valence-electron chi connectivity index (χ1n) is 9.79. The van der Waals surface area contributed by atoms with Crippen LogP contribution in [0.1, 0.15) is 15.9 Å². The summed E-state index contributed by atoms with van der Waals surface area (Å²) in [6, 6.07) is 9.70. The van der Waals surface area contributed by atoms with Crippen LogP contribution in [0.3, 0.4) is 0 Å². The van der Waals surface area contributed by atoms with Gasteiger partial charge >= 0.3 is 12.1 Å². The van der Waals surface area contributed by atoms with E-state index in [-0.39, 0.29) is 5.91 Å². The third-order valence-electron chi connectivity index (χ3n) is 4.76. The summed E-state index contributed by atoms with van der Waals surface area (Å²) in [6.07, 6.45) is -3.33. The highest BCUT2D eigenvalue weighted by molar-refractivity contribution is 7.22. The zero-order chi connectivity index (χ0) is 24.3. The monoisotopic (exact) mass is 481 g/mol. The van der Waals surface area contributed by atoms with Crippen LogP contribution in [-0.2, 0) is 11.3 Å². The number of carbonyl (C=O) groups is 2. The predicted molar refractivity (Wildman–Crippen MR) is 120 cm³/mol. The summed E-state index contributed by atoms with van der Waals surface area (Å²) >= 11 is 1.59. The maximum Gasteiger partial charge on any atom is 0.490 e. The number of anilines is 2. The number of rotatable bonds is 2. The first-order chi connectivity index (χ1) is 15.5. The van der Waals surface area contributed by atoms with E-state index in [1.165, 1.54) is 0 Å². The van der Waals surface area contributed by atoms with Crippen LogP contribution in [0, 0.1) is 0 Å². The smallest absolute Gasteiger partial charge is 0.475 e. The van der Waals surface area contributed by atoms with Gasteiger partial charge in [0.25, 0.3) is 5.91 Å². The molecule has 1 aliphatic rings. The van der Waals surface area contributed by atoms with E-state index in [4.69, 9.17) is 9.90 Å². The lowest BCUT2D eigenvalue weighted by atomic mass is 10.1. The molecule has 1 aromatic carbocycles. The summed E-state index contributed by atoms with van der Waals surface area (Å²) in [7, 11) is 6.01. The zero-order valence-electron chi connectivity index (χ0n) is 18.1. The van der Waals surface area contributed by atoms with Crippen LogP contribution in [0.2, 0.25) is 0 Å². The summed E-state index contributed by atoms with van der Waals surface area (Å²) in [4.78, 5) is 37.2. The lowest BCUT2D eigenvalue weighted by molar-refractivity contribution is -0.192. The van der Waals surface area contributed by atoms with Crippen molar-refractivity contribution in [1.29, 1.82) is 0 Å². The van der Waals surface area contributed by atoms with Gasteiger partial charge in [-0.2, -0.15) is 13.2 Å². The molecule has 1 N–H and O–H groups in total. The van der Waals surface area contributed by atoms with Gasteiger partial charge in [-0.25, -0.2) is 14.8 Å². The number of thiazole rings is 1. The number of fused-ring (bicyclic) bond motifs is 2. The summed E-state index contributed by atoms with van der Waals surface area (Å²) in [5, 5.41) is 8.06. The maximum absolute atomic E-state index is 13.2. The lowest BCUT2D eigenvalue weighted by Crippen LogP contribution is -2.35. The fourth-order valence-electron chi connectivity index (χ4n) is 3.13. The van der Waals surface area contributed by atoms with Gasteiger partial charge in [-0.05, 0) is 31.3 Å². The molecule has 0 unspecified atom stereocenters. The Morgan fingerprint density at radius 2 is 1.88 bits per heavy atom. The van der Waals surface area contributed by atoms with Crippen molar-refractivity contribution in [2.75, 3.05) is 44.0 Å². The van der Waals surface area contributed by atoms with E-state index < -0.39 is 12.1 Å². The molecule has 1 aliphatic heterocycles. The van der Waals surface area contributed by atoms with Gasteiger partial charge in [0.15, 0.2) is 5.13 Å². The molecule has 3 heterocycles. The number of nitrogens with zero attached hydrogens (tertiary/aromatic N) is 5. The molecule has 0 radical (unpaired) electrons. The average molecular weight is 482 g/mol. The van der Waals surface area contributed by atoms with Crippen molar-refractivity contribution in [3.8, 4) is 0 Å². The number of aromatic nitrogens is 2. The molecule has 2 aromatic heterocycles. The van der Waals surface area contributed by atoms with E-state index in [1.54, 1.807) is 22.4 Å². The van der Waals surface area contributed by atoms with Gasteiger partial charge in [0.1, 0.15) is 5.82 Å². The molecule has 0 saturated heterocycles. The normalized spacial score (nSPS) is 14.2. The number of hydrogen-bond donors (Lipinski definition) is 1. The van der Waals surface area contributed by atoms with Crippen molar-refractivity contribution in [2.24, 2.45) is 0 Å². The number of halogens is 3. The number of benzene rings is 1. The molecule has 0 bridgehead atoms. The second-order valence-electron chi connectivity index (χ2n) is 7.56. The van der Waals surface area contributed by atoms with E-state index in [9.17, 15) is 18.0 Å². The molecule has 0 fully saturated rings. The fraction of sp³-hybridized carbons (Fsp3) is 0.333. The molecule has 33 heavy (non-hydrogen) atoms. The van der Waals surface area contributed by atoms with E-state index in [0.717, 1.165) is 39.8 Å². The Morgan fingerprint density at radius 1 is 1.18 bits per heavy atom. The molecule has 3 aromatic rings. The fourth-order valence-corrected chi connectivity index (χ4v) is 4.06. The van der Waals surface area contributed by atoms with E-state index in [2.05, 4.69) is 21.9 Å². The number of carboxylic acid groups (broad SMARTS) is 1. The van der Waals surface area contributed by atoms with Gasteiger partial charge in [-0.1, -0.05) is 17.4 Å². The Kier molecular flexibility index (Phi) is 7.18. The quantitative estimate of drug-likeness (QED) is 0.599. The molecule has 4 rings (SSSR count). The van der Waals surface area contributed by atoms with Crippen LogP contribution in [-0.4, -0.2) is 72.3 Å². The molecule has 12 heteroatoms. The molecular weight excluding hydrogens is 459 g/mol. The minimum absolute atomic E-state index is 0.0121. The number of alkyl halides is 3. The van der Waals surface area contributed by atoms with Crippen LogP contribution in [0.15, 0.2) is 36.5 Å². The third kappa shape index (κ3) is 5.76. The molecule has 0 atom stereocenters. The van der Waals surface area contributed by atoms with E-state index in [0.29, 0.717) is 12.1 Å². The summed E-state index contributed by atoms with van der Waals surface area (Å²) in [6.45, 7) is 2.24.